The van der Waals surface area contributed by atoms with E-state index in [0.717, 1.165) is 54.5 Å². The molecule has 0 unspecified atom stereocenters. The highest BCUT2D eigenvalue weighted by molar-refractivity contribution is 7.13. The lowest BCUT2D eigenvalue weighted by Crippen LogP contribution is -2.48. The second kappa shape index (κ2) is 9.18. The topological polar surface area (TPSA) is 49.3 Å². The molecule has 6 heteroatoms. The highest BCUT2D eigenvalue weighted by Gasteiger charge is 2.22. The fourth-order valence-corrected chi connectivity index (χ4v) is 5.07. The Balaban J connectivity index is 1.17. The van der Waals surface area contributed by atoms with Crippen LogP contribution in [0.3, 0.4) is 0 Å². The molecule has 1 fully saturated rings. The first kappa shape index (κ1) is 20.8. The Labute approximate surface area is 192 Å². The summed E-state index contributed by atoms with van der Waals surface area (Å²) in [5.74, 6) is 0.164. The van der Waals surface area contributed by atoms with Gasteiger partial charge in [-0.3, -0.25) is 14.7 Å². The van der Waals surface area contributed by atoms with Crippen molar-refractivity contribution in [3.05, 3.63) is 83.0 Å². The summed E-state index contributed by atoms with van der Waals surface area (Å²) in [6, 6.07) is 18.8. The normalized spacial score (nSPS) is 14.7. The van der Waals surface area contributed by atoms with Crippen LogP contribution in [0.2, 0.25) is 0 Å². The van der Waals surface area contributed by atoms with Crippen LogP contribution in [0.15, 0.2) is 66.2 Å². The van der Waals surface area contributed by atoms with E-state index >= 15 is 0 Å². The van der Waals surface area contributed by atoms with Crippen molar-refractivity contribution < 1.29 is 4.79 Å². The zero-order chi connectivity index (χ0) is 21.9. The number of benzene rings is 2. The first-order valence-corrected chi connectivity index (χ1v) is 11.9. The molecule has 0 spiro atoms. The number of pyridine rings is 1. The molecule has 2 aromatic heterocycles. The number of para-hydroxylation sites is 1. The molecule has 1 aliphatic rings. The first-order chi connectivity index (χ1) is 15.7. The van der Waals surface area contributed by atoms with Crippen molar-refractivity contribution in [2.45, 2.75) is 19.9 Å². The number of carbonyl (C=O) groups excluding carboxylic acids is 1. The molecule has 0 bridgehead atoms. The molecule has 3 heterocycles. The lowest BCUT2D eigenvalue weighted by molar-refractivity contribution is -0.132. The smallest absolute Gasteiger partial charge is 0.228 e. The van der Waals surface area contributed by atoms with Crippen LogP contribution in [0, 0.1) is 6.92 Å². The summed E-state index contributed by atoms with van der Waals surface area (Å²) in [6.45, 7) is 6.21. The summed E-state index contributed by atoms with van der Waals surface area (Å²) in [6.07, 6.45) is 2.22. The number of amides is 1. The molecule has 1 aliphatic heterocycles. The molecule has 2 aromatic carbocycles. The van der Waals surface area contributed by atoms with Crippen molar-refractivity contribution in [2.75, 3.05) is 26.2 Å². The number of rotatable bonds is 5. The molecule has 0 atom stereocenters. The second-order valence-corrected chi connectivity index (χ2v) is 9.20. The number of aryl methyl sites for hydroxylation is 1. The number of hydrogen-bond donors (Lipinski definition) is 0. The number of thiazole rings is 1. The van der Waals surface area contributed by atoms with E-state index in [4.69, 9.17) is 4.98 Å². The molecule has 4 aromatic rings. The van der Waals surface area contributed by atoms with E-state index in [-0.39, 0.29) is 5.91 Å². The maximum Gasteiger partial charge on any atom is 0.228 e. The van der Waals surface area contributed by atoms with Crippen molar-refractivity contribution in [3.8, 4) is 10.6 Å². The Hall–Kier alpha value is -3.09. The van der Waals surface area contributed by atoms with Gasteiger partial charge in [-0.2, -0.15) is 0 Å². The number of aromatic nitrogens is 2. The Morgan fingerprint density at radius 3 is 2.69 bits per heavy atom. The lowest BCUT2D eigenvalue weighted by atomic mass is 10.1. The summed E-state index contributed by atoms with van der Waals surface area (Å²) in [4.78, 5) is 26.5. The molecule has 0 aliphatic carbocycles. The van der Waals surface area contributed by atoms with E-state index < -0.39 is 0 Å². The van der Waals surface area contributed by atoms with Crippen LogP contribution in [-0.4, -0.2) is 51.9 Å². The third kappa shape index (κ3) is 4.56. The fourth-order valence-electron chi connectivity index (χ4n) is 4.26. The average Bonchev–Trinajstić information content (AvgIpc) is 3.28. The minimum absolute atomic E-state index is 0.164. The van der Waals surface area contributed by atoms with Gasteiger partial charge in [0.25, 0.3) is 0 Å². The summed E-state index contributed by atoms with van der Waals surface area (Å²) in [7, 11) is 0. The SMILES string of the molecule is Cc1cccc(-c2nc(CC(=O)N3CCN(Cc4cccc5cccnc45)CC3)cs2)c1. The van der Waals surface area contributed by atoms with Crippen LogP contribution >= 0.6 is 11.3 Å². The molecule has 0 saturated carbocycles. The highest BCUT2D eigenvalue weighted by Crippen LogP contribution is 2.25. The zero-order valence-electron chi connectivity index (χ0n) is 18.2. The van der Waals surface area contributed by atoms with E-state index in [1.54, 1.807) is 11.3 Å². The van der Waals surface area contributed by atoms with E-state index in [0.29, 0.717) is 6.42 Å². The molecule has 1 saturated heterocycles. The number of hydrogen-bond acceptors (Lipinski definition) is 5. The van der Waals surface area contributed by atoms with Crippen LogP contribution in [0.25, 0.3) is 21.5 Å². The molecule has 1 amide bonds. The van der Waals surface area contributed by atoms with E-state index in [9.17, 15) is 4.79 Å². The Morgan fingerprint density at radius 2 is 1.84 bits per heavy atom. The first-order valence-electron chi connectivity index (χ1n) is 11.0. The van der Waals surface area contributed by atoms with Gasteiger partial charge in [0, 0.05) is 55.3 Å². The Morgan fingerprint density at radius 1 is 1.03 bits per heavy atom. The van der Waals surface area contributed by atoms with Crippen LogP contribution in [0.4, 0.5) is 0 Å². The van der Waals surface area contributed by atoms with Crippen molar-refractivity contribution in [3.63, 3.8) is 0 Å². The standard InChI is InChI=1S/C26H26N4OS/c1-19-5-2-7-21(15-19)26-28-23(18-32-26)16-24(31)30-13-11-29(12-14-30)17-22-8-3-6-20-9-4-10-27-25(20)22/h2-10,15,18H,11-14,16-17H2,1H3. The van der Waals surface area contributed by atoms with Crippen LogP contribution in [0.5, 0.6) is 0 Å². The highest BCUT2D eigenvalue weighted by atomic mass is 32.1. The minimum Gasteiger partial charge on any atom is -0.340 e. The van der Waals surface area contributed by atoms with Crippen molar-refractivity contribution in [2.24, 2.45) is 0 Å². The molecule has 5 rings (SSSR count). The summed E-state index contributed by atoms with van der Waals surface area (Å²) < 4.78 is 0. The Bertz CT molecular complexity index is 1240. The maximum atomic E-state index is 12.9. The molecule has 162 valence electrons. The van der Waals surface area contributed by atoms with Gasteiger partial charge in [-0.05, 0) is 24.6 Å². The third-order valence-corrected chi connectivity index (χ3v) is 6.92. The summed E-state index contributed by atoms with van der Waals surface area (Å²) >= 11 is 1.61. The largest absolute Gasteiger partial charge is 0.340 e. The molecule has 5 nitrogen and oxygen atoms in total. The van der Waals surface area contributed by atoms with Gasteiger partial charge in [-0.15, -0.1) is 11.3 Å². The van der Waals surface area contributed by atoms with Crippen molar-refractivity contribution >= 4 is 28.1 Å². The molecule has 32 heavy (non-hydrogen) atoms. The van der Waals surface area contributed by atoms with Gasteiger partial charge in [0.1, 0.15) is 5.01 Å². The van der Waals surface area contributed by atoms with Gasteiger partial charge in [0.05, 0.1) is 17.6 Å². The maximum absolute atomic E-state index is 12.9. The van der Waals surface area contributed by atoms with Gasteiger partial charge in [-0.25, -0.2) is 4.98 Å². The predicted molar refractivity (Wildman–Crippen MR) is 130 cm³/mol. The number of fused-ring (bicyclic) bond motifs is 1. The van der Waals surface area contributed by atoms with E-state index in [1.165, 1.54) is 16.5 Å². The van der Waals surface area contributed by atoms with Crippen molar-refractivity contribution in [1.29, 1.82) is 0 Å². The van der Waals surface area contributed by atoms with Gasteiger partial charge >= 0.3 is 0 Å². The number of nitrogens with zero attached hydrogens (tertiary/aromatic N) is 4. The summed E-state index contributed by atoms with van der Waals surface area (Å²) in [5.41, 5.74) is 5.51. The number of piperazine rings is 1. The zero-order valence-corrected chi connectivity index (χ0v) is 19.0. The van der Waals surface area contributed by atoms with Gasteiger partial charge in [0.15, 0.2) is 0 Å². The minimum atomic E-state index is 0.164. The fraction of sp³-hybridized carbons (Fsp3) is 0.269. The molecule has 0 N–H and O–H groups in total. The lowest BCUT2D eigenvalue weighted by Gasteiger charge is -2.34. The molecular weight excluding hydrogens is 416 g/mol. The van der Waals surface area contributed by atoms with Gasteiger partial charge < -0.3 is 4.90 Å². The Kier molecular flexibility index (Phi) is 5.97. The van der Waals surface area contributed by atoms with Crippen LogP contribution in [0.1, 0.15) is 16.8 Å². The van der Waals surface area contributed by atoms with Crippen LogP contribution in [-0.2, 0) is 17.8 Å². The number of carbonyl (C=O) groups is 1. The predicted octanol–water partition coefficient (Wildman–Crippen LogP) is 4.55. The summed E-state index contributed by atoms with van der Waals surface area (Å²) in [5, 5.41) is 4.16. The van der Waals surface area contributed by atoms with Gasteiger partial charge in [-0.1, -0.05) is 48.0 Å². The molecular formula is C26H26N4OS. The average molecular weight is 443 g/mol. The molecule has 0 radical (unpaired) electrons. The quantitative estimate of drug-likeness (QED) is 0.455. The van der Waals surface area contributed by atoms with E-state index in [1.807, 2.05) is 28.6 Å². The van der Waals surface area contributed by atoms with E-state index in [2.05, 4.69) is 59.3 Å². The second-order valence-electron chi connectivity index (χ2n) is 8.34. The van der Waals surface area contributed by atoms with Crippen LogP contribution < -0.4 is 0 Å². The van der Waals surface area contributed by atoms with Crippen molar-refractivity contribution in [1.82, 2.24) is 19.8 Å². The third-order valence-electron chi connectivity index (χ3n) is 5.98. The van der Waals surface area contributed by atoms with Gasteiger partial charge in [0.2, 0.25) is 5.91 Å². The monoisotopic (exact) mass is 442 g/mol.